The Bertz CT molecular complexity index is 209. The van der Waals surface area contributed by atoms with Gasteiger partial charge in [0.25, 0.3) is 0 Å². The first-order valence-corrected chi connectivity index (χ1v) is 4.86. The van der Waals surface area contributed by atoms with Crippen LogP contribution in [-0.4, -0.2) is 22.3 Å². The van der Waals surface area contributed by atoms with Gasteiger partial charge in [-0.25, -0.2) is 4.98 Å². The minimum absolute atomic E-state index is 0.994. The Labute approximate surface area is 70.8 Å². The van der Waals surface area contributed by atoms with Crippen molar-refractivity contribution in [3.05, 3.63) is 17.7 Å². The molecule has 0 aliphatic carbocycles. The zero-order valence-electron chi connectivity index (χ0n) is 6.76. The predicted octanol–water partition coefficient (Wildman–Crippen LogP) is 0.193. The number of quaternary nitrogens is 1. The van der Waals surface area contributed by atoms with Crippen molar-refractivity contribution in [1.29, 1.82) is 0 Å². The monoisotopic (exact) mass is 172 g/mol. The summed E-state index contributed by atoms with van der Waals surface area (Å²) in [7, 11) is 0. The molecule has 0 unspecified atom stereocenters. The lowest BCUT2D eigenvalue weighted by atomic mass is 10.4. The van der Waals surface area contributed by atoms with E-state index in [2.05, 4.69) is 15.7 Å². The number of rotatable bonds is 4. The van der Waals surface area contributed by atoms with Crippen molar-refractivity contribution in [2.24, 2.45) is 0 Å². The van der Waals surface area contributed by atoms with Crippen LogP contribution < -0.4 is 5.73 Å². The normalized spacial score (nSPS) is 10.4. The van der Waals surface area contributed by atoms with Gasteiger partial charge < -0.3 is 10.7 Å². The number of H-pyrrole nitrogens is 1. The summed E-state index contributed by atoms with van der Waals surface area (Å²) >= 11 is 1.88. The van der Waals surface area contributed by atoms with Crippen LogP contribution in [0.15, 0.2) is 6.33 Å². The average molecular weight is 172 g/mol. The SMILES string of the molecule is Cc1[nH]cnc1CSCC[NH3+]. The highest BCUT2D eigenvalue weighted by molar-refractivity contribution is 7.98. The number of thioether (sulfide) groups is 1. The molecule has 0 radical (unpaired) electrons. The summed E-state index contributed by atoms with van der Waals surface area (Å²) in [6.07, 6.45) is 1.75. The highest BCUT2D eigenvalue weighted by Gasteiger charge is 1.99. The zero-order chi connectivity index (χ0) is 8.10. The Morgan fingerprint density at radius 2 is 2.55 bits per heavy atom. The van der Waals surface area contributed by atoms with Crippen molar-refractivity contribution in [3.63, 3.8) is 0 Å². The van der Waals surface area contributed by atoms with Crippen molar-refractivity contribution >= 4 is 11.8 Å². The number of nitrogens with zero attached hydrogens (tertiary/aromatic N) is 1. The molecule has 1 aromatic rings. The fourth-order valence-corrected chi connectivity index (χ4v) is 1.64. The second-order valence-corrected chi connectivity index (χ2v) is 3.49. The van der Waals surface area contributed by atoms with Crippen LogP contribution in [0, 0.1) is 6.92 Å². The van der Waals surface area contributed by atoms with Crippen molar-refractivity contribution in [1.82, 2.24) is 9.97 Å². The predicted molar refractivity (Wildman–Crippen MR) is 47.2 cm³/mol. The van der Waals surface area contributed by atoms with E-state index < -0.39 is 0 Å². The largest absolute Gasteiger partial charge is 0.357 e. The summed E-state index contributed by atoms with van der Waals surface area (Å²) in [5, 5.41) is 0. The van der Waals surface area contributed by atoms with Gasteiger partial charge in [-0.05, 0) is 6.92 Å². The molecule has 3 nitrogen and oxygen atoms in total. The van der Waals surface area contributed by atoms with Gasteiger partial charge in [-0.2, -0.15) is 0 Å². The minimum atomic E-state index is 0.994. The molecule has 0 bridgehead atoms. The van der Waals surface area contributed by atoms with Crippen molar-refractivity contribution in [3.8, 4) is 0 Å². The van der Waals surface area contributed by atoms with E-state index in [0.717, 1.165) is 18.1 Å². The molecule has 4 heteroatoms. The Morgan fingerprint density at radius 1 is 1.73 bits per heavy atom. The standard InChI is InChI=1S/C7H13N3S/c1-6-7(10-5-9-6)4-11-3-2-8/h5H,2-4,8H2,1H3,(H,9,10)/p+1. The van der Waals surface area contributed by atoms with E-state index in [1.165, 1.54) is 11.4 Å². The van der Waals surface area contributed by atoms with Gasteiger partial charge in [-0.3, -0.25) is 0 Å². The lowest BCUT2D eigenvalue weighted by Gasteiger charge is -1.95. The molecular formula is C7H14N3S+. The number of imidazole rings is 1. The molecule has 0 saturated carbocycles. The third-order valence-electron chi connectivity index (χ3n) is 1.46. The van der Waals surface area contributed by atoms with Crippen LogP contribution in [-0.2, 0) is 5.75 Å². The summed E-state index contributed by atoms with van der Waals surface area (Å²) in [5.74, 6) is 2.12. The molecular weight excluding hydrogens is 158 g/mol. The number of nitrogens with one attached hydrogen (secondary N) is 1. The fraction of sp³-hybridized carbons (Fsp3) is 0.571. The number of aryl methyl sites for hydroxylation is 1. The van der Waals surface area contributed by atoms with Crippen LogP contribution in [0.5, 0.6) is 0 Å². The third kappa shape index (κ3) is 2.55. The number of hydrogen-bond donors (Lipinski definition) is 2. The Morgan fingerprint density at radius 3 is 3.09 bits per heavy atom. The van der Waals surface area contributed by atoms with Crippen LogP contribution in [0.4, 0.5) is 0 Å². The van der Waals surface area contributed by atoms with Gasteiger partial charge >= 0.3 is 0 Å². The number of aromatic nitrogens is 2. The van der Waals surface area contributed by atoms with Crippen LogP contribution in [0.1, 0.15) is 11.4 Å². The third-order valence-corrected chi connectivity index (χ3v) is 2.52. The molecule has 1 rings (SSSR count). The zero-order valence-corrected chi connectivity index (χ0v) is 7.58. The van der Waals surface area contributed by atoms with Crippen LogP contribution in [0.3, 0.4) is 0 Å². The molecule has 0 aromatic carbocycles. The first kappa shape index (κ1) is 8.62. The first-order chi connectivity index (χ1) is 5.34. The topological polar surface area (TPSA) is 56.3 Å². The van der Waals surface area contributed by atoms with E-state index in [1.807, 2.05) is 18.7 Å². The summed E-state index contributed by atoms with van der Waals surface area (Å²) in [5.41, 5.74) is 6.13. The molecule has 0 amide bonds. The second kappa shape index (κ2) is 4.41. The highest BCUT2D eigenvalue weighted by Crippen LogP contribution is 2.10. The molecule has 4 N–H and O–H groups in total. The van der Waals surface area contributed by atoms with Crippen LogP contribution >= 0.6 is 11.8 Å². The number of hydrogen-bond acceptors (Lipinski definition) is 2. The summed E-state index contributed by atoms with van der Waals surface area (Å²) < 4.78 is 0. The van der Waals surface area contributed by atoms with Gasteiger partial charge in [-0.15, -0.1) is 11.8 Å². The first-order valence-electron chi connectivity index (χ1n) is 3.70. The smallest absolute Gasteiger partial charge is 0.0925 e. The Balaban J connectivity index is 2.32. The summed E-state index contributed by atoms with van der Waals surface area (Å²) in [4.78, 5) is 7.25. The molecule has 0 atom stereocenters. The van der Waals surface area contributed by atoms with Gasteiger partial charge in [-0.1, -0.05) is 0 Å². The summed E-state index contributed by atoms with van der Waals surface area (Å²) in [6, 6.07) is 0. The molecule has 0 saturated heterocycles. The molecule has 0 aliphatic heterocycles. The molecule has 0 spiro atoms. The van der Waals surface area contributed by atoms with E-state index in [1.54, 1.807) is 6.33 Å². The lowest BCUT2D eigenvalue weighted by molar-refractivity contribution is -0.360. The second-order valence-electron chi connectivity index (χ2n) is 2.38. The van der Waals surface area contributed by atoms with Crippen molar-refractivity contribution < 1.29 is 5.73 Å². The molecule has 0 fully saturated rings. The van der Waals surface area contributed by atoms with E-state index in [9.17, 15) is 0 Å². The maximum Gasteiger partial charge on any atom is 0.0925 e. The van der Waals surface area contributed by atoms with Gasteiger partial charge in [0.2, 0.25) is 0 Å². The highest BCUT2D eigenvalue weighted by atomic mass is 32.2. The molecule has 1 heterocycles. The molecule has 11 heavy (non-hydrogen) atoms. The quantitative estimate of drug-likeness (QED) is 0.637. The summed E-state index contributed by atoms with van der Waals surface area (Å²) in [6.45, 7) is 3.04. The average Bonchev–Trinajstić information content (AvgIpc) is 2.37. The van der Waals surface area contributed by atoms with Crippen molar-refractivity contribution in [2.45, 2.75) is 12.7 Å². The van der Waals surface area contributed by atoms with E-state index in [-0.39, 0.29) is 0 Å². The van der Waals surface area contributed by atoms with Gasteiger partial charge in [0.15, 0.2) is 0 Å². The Hall–Kier alpha value is -0.480. The van der Waals surface area contributed by atoms with E-state index in [0.29, 0.717) is 0 Å². The molecule has 62 valence electrons. The number of aromatic amines is 1. The van der Waals surface area contributed by atoms with Gasteiger partial charge in [0, 0.05) is 17.2 Å². The van der Waals surface area contributed by atoms with E-state index >= 15 is 0 Å². The molecule has 0 aliphatic rings. The van der Waals surface area contributed by atoms with Crippen LogP contribution in [0.2, 0.25) is 0 Å². The van der Waals surface area contributed by atoms with Gasteiger partial charge in [0.05, 0.1) is 18.6 Å². The lowest BCUT2D eigenvalue weighted by Crippen LogP contribution is -2.51. The van der Waals surface area contributed by atoms with Crippen LogP contribution in [0.25, 0.3) is 0 Å². The van der Waals surface area contributed by atoms with E-state index in [4.69, 9.17) is 0 Å². The van der Waals surface area contributed by atoms with Crippen molar-refractivity contribution in [2.75, 3.05) is 12.3 Å². The van der Waals surface area contributed by atoms with Gasteiger partial charge in [0.1, 0.15) is 0 Å². The minimum Gasteiger partial charge on any atom is -0.357 e. The Kier molecular flexibility index (Phi) is 3.45. The fourth-order valence-electron chi connectivity index (χ4n) is 0.804. The maximum atomic E-state index is 4.19. The maximum absolute atomic E-state index is 4.19. The molecule has 1 aromatic heterocycles.